The van der Waals surface area contributed by atoms with Crippen molar-refractivity contribution < 1.29 is 18.7 Å². The molecule has 2 aromatic carbocycles. The molecule has 8 nitrogen and oxygen atoms in total. The molecule has 0 aliphatic carbocycles. The minimum atomic E-state index is -0.384. The summed E-state index contributed by atoms with van der Waals surface area (Å²) < 4.78 is 26.1. The van der Waals surface area contributed by atoms with E-state index >= 15 is 0 Å². The van der Waals surface area contributed by atoms with Gasteiger partial charge in [-0.1, -0.05) is 17.8 Å². The second kappa shape index (κ2) is 9.87. The van der Waals surface area contributed by atoms with Crippen LogP contribution in [0.5, 0.6) is 11.5 Å². The maximum Gasteiger partial charge on any atom is 0.264 e. The number of hydrogen-bond acceptors (Lipinski definition) is 8. The van der Waals surface area contributed by atoms with Crippen LogP contribution in [0.1, 0.15) is 29.1 Å². The Morgan fingerprint density at radius 1 is 1.11 bits per heavy atom. The van der Waals surface area contributed by atoms with E-state index < -0.39 is 0 Å². The molecule has 10 heteroatoms. The lowest BCUT2D eigenvalue weighted by Crippen LogP contribution is -2.50. The Labute approximate surface area is 208 Å². The van der Waals surface area contributed by atoms with E-state index in [1.165, 1.54) is 28.6 Å². The summed E-state index contributed by atoms with van der Waals surface area (Å²) in [6.45, 7) is 7.28. The topological polar surface area (TPSA) is 72.7 Å². The summed E-state index contributed by atoms with van der Waals surface area (Å²) >= 11 is 1.46. The molecule has 1 aromatic heterocycles. The minimum absolute atomic E-state index is 0.0654. The molecule has 0 saturated carbocycles. The van der Waals surface area contributed by atoms with Crippen molar-refractivity contribution in [3.05, 3.63) is 59.7 Å². The molecule has 3 aromatic rings. The first-order valence-corrected chi connectivity index (χ1v) is 12.6. The average Bonchev–Trinajstić information content (AvgIpc) is 3.38. The fourth-order valence-electron chi connectivity index (χ4n) is 4.73. The van der Waals surface area contributed by atoms with E-state index in [-0.39, 0.29) is 23.0 Å². The molecule has 0 radical (unpaired) electrons. The Morgan fingerprint density at radius 3 is 2.51 bits per heavy atom. The van der Waals surface area contributed by atoms with Crippen LogP contribution in [0.15, 0.2) is 47.6 Å². The highest BCUT2D eigenvalue weighted by Crippen LogP contribution is 2.43. The monoisotopic (exact) mass is 497 g/mol. The summed E-state index contributed by atoms with van der Waals surface area (Å²) in [5, 5.41) is 4.55. The standard InChI is InChI=1S/C25H28FN5O3S/c1-4-34-20-10-5-17(15-21(20)33-3)22(23-24(32)31-25(35-23)27-16(2)28-31)30-13-11-29(12-14-30)19-8-6-18(26)7-9-19/h5-10,15,22-23H,4,11-14H2,1-3H3. The van der Waals surface area contributed by atoms with Gasteiger partial charge in [0.2, 0.25) is 0 Å². The van der Waals surface area contributed by atoms with Crippen LogP contribution in [0.2, 0.25) is 0 Å². The number of carbonyl (C=O) groups excluding carboxylic acids is 1. The average molecular weight is 498 g/mol. The maximum absolute atomic E-state index is 13.4. The van der Waals surface area contributed by atoms with Crippen LogP contribution >= 0.6 is 11.8 Å². The summed E-state index contributed by atoms with van der Waals surface area (Å²) in [4.78, 5) is 22.4. The van der Waals surface area contributed by atoms with Crippen LogP contribution in [-0.4, -0.2) is 70.7 Å². The van der Waals surface area contributed by atoms with Gasteiger partial charge in [-0.25, -0.2) is 9.37 Å². The van der Waals surface area contributed by atoms with Crippen molar-refractivity contribution >= 4 is 23.4 Å². The maximum atomic E-state index is 13.4. The highest BCUT2D eigenvalue weighted by molar-refractivity contribution is 8.00. The lowest BCUT2D eigenvalue weighted by molar-refractivity contribution is 0.0830. The zero-order chi connectivity index (χ0) is 24.5. The molecule has 2 atom stereocenters. The third-order valence-corrected chi connectivity index (χ3v) is 7.57. The number of hydrogen-bond donors (Lipinski definition) is 0. The smallest absolute Gasteiger partial charge is 0.264 e. The van der Waals surface area contributed by atoms with Gasteiger partial charge in [0, 0.05) is 31.9 Å². The molecule has 3 heterocycles. The number of rotatable bonds is 7. The van der Waals surface area contributed by atoms with Gasteiger partial charge in [-0.3, -0.25) is 9.69 Å². The van der Waals surface area contributed by atoms with E-state index in [9.17, 15) is 9.18 Å². The fourth-order valence-corrected chi connectivity index (χ4v) is 6.03. The first-order valence-electron chi connectivity index (χ1n) is 11.7. The lowest BCUT2D eigenvalue weighted by Gasteiger charge is -2.41. The van der Waals surface area contributed by atoms with Crippen LogP contribution in [0, 0.1) is 12.7 Å². The van der Waals surface area contributed by atoms with E-state index in [1.54, 1.807) is 14.0 Å². The molecule has 0 amide bonds. The summed E-state index contributed by atoms with van der Waals surface area (Å²) in [6, 6.07) is 12.3. The summed E-state index contributed by atoms with van der Waals surface area (Å²) in [5.41, 5.74) is 1.98. The molecule has 2 aliphatic heterocycles. The van der Waals surface area contributed by atoms with E-state index in [0.717, 1.165) is 37.4 Å². The number of methoxy groups -OCH3 is 1. The van der Waals surface area contributed by atoms with E-state index in [0.29, 0.717) is 29.1 Å². The van der Waals surface area contributed by atoms with Gasteiger partial charge in [0.05, 0.1) is 19.8 Å². The third-order valence-electron chi connectivity index (χ3n) is 6.38. The Balaban J connectivity index is 1.44. The zero-order valence-electron chi connectivity index (χ0n) is 20.0. The molecule has 5 rings (SSSR count). The molecule has 2 unspecified atom stereocenters. The zero-order valence-corrected chi connectivity index (χ0v) is 20.8. The van der Waals surface area contributed by atoms with Gasteiger partial charge in [0.1, 0.15) is 16.9 Å². The first kappa shape index (κ1) is 23.6. The minimum Gasteiger partial charge on any atom is -0.493 e. The van der Waals surface area contributed by atoms with Crippen molar-refractivity contribution in [1.29, 1.82) is 0 Å². The number of thioether (sulfide) groups is 1. The summed E-state index contributed by atoms with van der Waals surface area (Å²) in [6.07, 6.45) is 0. The number of aryl methyl sites for hydroxylation is 1. The molecule has 0 spiro atoms. The van der Waals surface area contributed by atoms with Crippen molar-refractivity contribution in [3.63, 3.8) is 0 Å². The van der Waals surface area contributed by atoms with Gasteiger partial charge < -0.3 is 14.4 Å². The molecule has 2 aliphatic rings. The van der Waals surface area contributed by atoms with E-state index in [2.05, 4.69) is 19.9 Å². The summed E-state index contributed by atoms with van der Waals surface area (Å²) in [5.74, 6) is 1.60. The number of aromatic nitrogens is 3. The largest absolute Gasteiger partial charge is 0.493 e. The van der Waals surface area contributed by atoms with Crippen molar-refractivity contribution in [1.82, 2.24) is 19.7 Å². The highest BCUT2D eigenvalue weighted by Gasteiger charge is 2.43. The number of benzene rings is 2. The molecule has 184 valence electrons. The van der Waals surface area contributed by atoms with Crippen molar-refractivity contribution in [2.24, 2.45) is 0 Å². The molecule has 35 heavy (non-hydrogen) atoms. The van der Waals surface area contributed by atoms with Crippen molar-refractivity contribution in [2.45, 2.75) is 30.3 Å². The van der Waals surface area contributed by atoms with E-state index in [1.807, 2.05) is 37.3 Å². The van der Waals surface area contributed by atoms with Crippen molar-refractivity contribution in [2.75, 3.05) is 44.8 Å². The number of piperazine rings is 1. The van der Waals surface area contributed by atoms with Gasteiger partial charge in [-0.05, 0) is 55.8 Å². The summed E-state index contributed by atoms with van der Waals surface area (Å²) in [7, 11) is 1.62. The Kier molecular flexibility index (Phi) is 6.66. The number of anilines is 1. The Bertz CT molecular complexity index is 1210. The van der Waals surface area contributed by atoms with Gasteiger partial charge in [0.25, 0.3) is 5.91 Å². The Morgan fingerprint density at radius 2 is 1.86 bits per heavy atom. The van der Waals surface area contributed by atoms with Crippen LogP contribution in [0.4, 0.5) is 10.1 Å². The highest BCUT2D eigenvalue weighted by atomic mass is 32.2. The van der Waals surface area contributed by atoms with Crippen LogP contribution in [0.3, 0.4) is 0 Å². The van der Waals surface area contributed by atoms with Gasteiger partial charge in [-0.15, -0.1) is 5.10 Å². The van der Waals surface area contributed by atoms with E-state index in [4.69, 9.17) is 9.47 Å². The van der Waals surface area contributed by atoms with Crippen LogP contribution in [-0.2, 0) is 0 Å². The molecule has 0 N–H and O–H groups in total. The SMILES string of the molecule is CCOc1ccc(C(C2Sc3nc(C)nn3C2=O)N2CCN(c3ccc(F)cc3)CC2)cc1OC. The second-order valence-electron chi connectivity index (χ2n) is 8.52. The molecule has 1 saturated heterocycles. The second-order valence-corrected chi connectivity index (χ2v) is 9.63. The van der Waals surface area contributed by atoms with Crippen LogP contribution < -0.4 is 14.4 Å². The number of halogens is 1. The third kappa shape index (κ3) is 4.60. The predicted molar refractivity (Wildman–Crippen MR) is 132 cm³/mol. The van der Waals surface area contributed by atoms with Gasteiger partial charge in [-0.2, -0.15) is 4.68 Å². The number of ether oxygens (including phenoxy) is 2. The van der Waals surface area contributed by atoms with Crippen LogP contribution in [0.25, 0.3) is 0 Å². The molecule has 0 bridgehead atoms. The number of nitrogens with zero attached hydrogens (tertiary/aromatic N) is 5. The fraction of sp³-hybridized carbons (Fsp3) is 0.400. The lowest BCUT2D eigenvalue weighted by atomic mass is 9.99. The molecular formula is C25H28FN5O3S. The predicted octanol–water partition coefficient (Wildman–Crippen LogP) is 3.81. The number of fused-ring (bicyclic) bond motifs is 1. The molecular weight excluding hydrogens is 469 g/mol. The van der Waals surface area contributed by atoms with Gasteiger partial charge in [0.15, 0.2) is 16.7 Å². The van der Waals surface area contributed by atoms with Crippen molar-refractivity contribution in [3.8, 4) is 11.5 Å². The Hall–Kier alpha value is -3.11. The number of carbonyl (C=O) groups is 1. The quantitative estimate of drug-likeness (QED) is 0.488. The first-order chi connectivity index (χ1) is 17.0. The molecule has 1 fully saturated rings. The van der Waals surface area contributed by atoms with Gasteiger partial charge >= 0.3 is 0 Å². The normalized spacial score (nSPS) is 19.0.